The molecule has 2 unspecified atom stereocenters. The Morgan fingerprint density at radius 3 is 3.06 bits per heavy atom. The first-order valence-electron chi connectivity index (χ1n) is 6.33. The number of hydrogen-bond acceptors (Lipinski definition) is 3. The smallest absolute Gasteiger partial charge is 0.264 e. The predicted octanol–water partition coefficient (Wildman–Crippen LogP) is 1.33. The van der Waals surface area contributed by atoms with Crippen LogP contribution in [0.4, 0.5) is 0 Å². The normalized spacial score (nSPS) is 35.2. The van der Waals surface area contributed by atoms with Crippen LogP contribution in [-0.4, -0.2) is 23.9 Å². The van der Waals surface area contributed by atoms with E-state index >= 15 is 0 Å². The first-order chi connectivity index (χ1) is 8.23. The summed E-state index contributed by atoms with van der Waals surface area (Å²) in [5.41, 5.74) is 2.72. The minimum Gasteiger partial charge on any atom is -0.384 e. The van der Waals surface area contributed by atoms with Gasteiger partial charge in [-0.05, 0) is 42.6 Å². The van der Waals surface area contributed by atoms with Crippen molar-refractivity contribution < 1.29 is 4.74 Å². The minimum absolute atomic E-state index is 0.0698. The first-order valence-corrected chi connectivity index (χ1v) is 6.33. The highest BCUT2D eigenvalue weighted by Gasteiger charge is 2.73. The second kappa shape index (κ2) is 2.80. The molecule has 2 bridgehead atoms. The molecule has 1 aromatic heterocycles. The van der Waals surface area contributed by atoms with Crippen molar-refractivity contribution >= 4 is 0 Å². The third-order valence-corrected chi connectivity index (χ3v) is 5.33. The molecule has 2 fully saturated rings. The van der Waals surface area contributed by atoms with Crippen LogP contribution in [0, 0.1) is 5.41 Å². The van der Waals surface area contributed by atoms with Crippen LogP contribution in [0.15, 0.2) is 10.9 Å². The molecule has 0 saturated heterocycles. The Kier molecular flexibility index (Phi) is 1.62. The quantitative estimate of drug-likeness (QED) is 0.836. The van der Waals surface area contributed by atoms with Crippen LogP contribution in [0.5, 0.6) is 0 Å². The summed E-state index contributed by atoms with van der Waals surface area (Å²) in [6.07, 6.45) is 4.90. The molecule has 2 saturated carbocycles. The van der Waals surface area contributed by atoms with Gasteiger partial charge in [0.1, 0.15) is 0 Å². The van der Waals surface area contributed by atoms with Crippen molar-refractivity contribution in [2.75, 3.05) is 13.7 Å². The second-order valence-corrected chi connectivity index (χ2v) is 5.80. The molecule has 1 spiro atoms. The number of ether oxygens (including phenoxy) is 1. The third kappa shape index (κ3) is 0.910. The molecule has 3 aliphatic rings. The van der Waals surface area contributed by atoms with E-state index in [2.05, 4.69) is 10.2 Å². The summed E-state index contributed by atoms with van der Waals surface area (Å²) in [5.74, 6) is 0.558. The van der Waals surface area contributed by atoms with Crippen LogP contribution in [0.3, 0.4) is 0 Å². The standard InChI is InChI=1S/C13H16N2O2/c1-17-7-13-3-2-9(12(13)4-5-12)8-6-10(16)14-15-11(8)13/h6,9H,2-5,7H2,1H3,(H,14,16). The zero-order valence-electron chi connectivity index (χ0n) is 9.95. The highest BCUT2D eigenvalue weighted by molar-refractivity contribution is 5.48. The summed E-state index contributed by atoms with van der Waals surface area (Å²) < 4.78 is 5.48. The number of hydrogen-bond donors (Lipinski definition) is 1. The fraction of sp³-hybridized carbons (Fsp3) is 0.692. The average Bonchev–Trinajstić information content (AvgIpc) is 3.00. The fourth-order valence-corrected chi connectivity index (χ4v) is 4.62. The molecule has 1 heterocycles. The van der Waals surface area contributed by atoms with Crippen LogP contribution in [0.1, 0.15) is 42.9 Å². The van der Waals surface area contributed by atoms with Crippen molar-refractivity contribution in [2.24, 2.45) is 5.41 Å². The zero-order chi connectivity index (χ0) is 11.7. The summed E-state index contributed by atoms with van der Waals surface area (Å²) in [7, 11) is 1.77. The maximum atomic E-state index is 11.4. The van der Waals surface area contributed by atoms with E-state index in [1.54, 1.807) is 13.2 Å². The van der Waals surface area contributed by atoms with Gasteiger partial charge in [0, 0.05) is 18.6 Å². The van der Waals surface area contributed by atoms with Gasteiger partial charge in [0.05, 0.1) is 12.3 Å². The Balaban J connectivity index is 1.97. The summed E-state index contributed by atoms with van der Waals surface area (Å²) >= 11 is 0. The van der Waals surface area contributed by atoms with Gasteiger partial charge in [0.25, 0.3) is 5.56 Å². The van der Waals surface area contributed by atoms with E-state index in [-0.39, 0.29) is 11.0 Å². The molecule has 3 aliphatic carbocycles. The second-order valence-electron chi connectivity index (χ2n) is 5.80. The van der Waals surface area contributed by atoms with Gasteiger partial charge in [-0.2, -0.15) is 5.10 Å². The molecule has 1 aromatic rings. The minimum atomic E-state index is -0.0698. The third-order valence-electron chi connectivity index (χ3n) is 5.33. The predicted molar refractivity (Wildman–Crippen MR) is 62.1 cm³/mol. The van der Waals surface area contributed by atoms with E-state index in [1.165, 1.54) is 24.8 Å². The van der Waals surface area contributed by atoms with E-state index in [9.17, 15) is 4.79 Å². The maximum absolute atomic E-state index is 11.4. The molecule has 4 rings (SSSR count). The van der Waals surface area contributed by atoms with Gasteiger partial charge in [0.2, 0.25) is 0 Å². The molecule has 90 valence electrons. The Hall–Kier alpha value is -1.16. The molecule has 1 N–H and O–H groups in total. The van der Waals surface area contributed by atoms with Gasteiger partial charge in [-0.25, -0.2) is 5.10 Å². The van der Waals surface area contributed by atoms with E-state index in [0.717, 1.165) is 18.7 Å². The van der Waals surface area contributed by atoms with E-state index in [4.69, 9.17) is 4.74 Å². The van der Waals surface area contributed by atoms with Crippen molar-refractivity contribution in [3.05, 3.63) is 27.7 Å². The zero-order valence-corrected chi connectivity index (χ0v) is 9.95. The molecule has 17 heavy (non-hydrogen) atoms. The number of rotatable bonds is 2. The summed E-state index contributed by atoms with van der Waals surface area (Å²) in [6.45, 7) is 0.746. The van der Waals surface area contributed by atoms with Crippen LogP contribution in [0.25, 0.3) is 0 Å². The molecular formula is C13H16N2O2. The Morgan fingerprint density at radius 2 is 2.35 bits per heavy atom. The van der Waals surface area contributed by atoms with Crippen molar-refractivity contribution in [2.45, 2.75) is 37.0 Å². The van der Waals surface area contributed by atoms with Crippen molar-refractivity contribution in [1.29, 1.82) is 0 Å². The number of nitrogens with zero attached hydrogens (tertiary/aromatic N) is 1. The maximum Gasteiger partial charge on any atom is 0.264 e. The Morgan fingerprint density at radius 1 is 1.53 bits per heavy atom. The first kappa shape index (κ1) is 9.83. The van der Waals surface area contributed by atoms with Crippen molar-refractivity contribution in [1.82, 2.24) is 10.2 Å². The van der Waals surface area contributed by atoms with Crippen molar-refractivity contribution in [3.8, 4) is 0 Å². The monoisotopic (exact) mass is 232 g/mol. The molecule has 2 atom stereocenters. The topological polar surface area (TPSA) is 55.0 Å². The number of aromatic amines is 1. The van der Waals surface area contributed by atoms with Gasteiger partial charge in [-0.15, -0.1) is 0 Å². The lowest BCUT2D eigenvalue weighted by atomic mass is 9.76. The van der Waals surface area contributed by atoms with Crippen LogP contribution in [0.2, 0.25) is 0 Å². The Bertz CT molecular complexity index is 547. The Labute approximate surface area is 99.4 Å². The molecule has 0 radical (unpaired) electrons. The molecule has 4 heteroatoms. The summed E-state index contributed by atoms with van der Waals surface area (Å²) in [4.78, 5) is 11.4. The lowest BCUT2D eigenvalue weighted by Gasteiger charge is -2.31. The van der Waals surface area contributed by atoms with E-state index in [0.29, 0.717) is 11.3 Å². The highest BCUT2D eigenvalue weighted by Crippen LogP contribution is 2.78. The molecule has 0 aliphatic heterocycles. The van der Waals surface area contributed by atoms with Gasteiger partial charge in [-0.3, -0.25) is 4.79 Å². The number of nitrogens with one attached hydrogen (secondary N) is 1. The lowest BCUT2D eigenvalue weighted by Crippen LogP contribution is -2.36. The van der Waals surface area contributed by atoms with Crippen LogP contribution in [-0.2, 0) is 10.2 Å². The van der Waals surface area contributed by atoms with Gasteiger partial charge >= 0.3 is 0 Å². The van der Waals surface area contributed by atoms with E-state index in [1.807, 2.05) is 0 Å². The number of fused-ring (bicyclic) bond motifs is 3. The largest absolute Gasteiger partial charge is 0.384 e. The molecule has 0 amide bonds. The van der Waals surface area contributed by atoms with Crippen molar-refractivity contribution in [3.63, 3.8) is 0 Å². The summed E-state index contributed by atoms with van der Waals surface area (Å²) in [5, 5.41) is 6.95. The van der Waals surface area contributed by atoms with Crippen LogP contribution >= 0.6 is 0 Å². The van der Waals surface area contributed by atoms with E-state index < -0.39 is 0 Å². The van der Waals surface area contributed by atoms with Gasteiger partial charge in [0.15, 0.2) is 0 Å². The highest BCUT2D eigenvalue weighted by atomic mass is 16.5. The SMILES string of the molecule is COCC12CCC(c3cc(=O)[nH]nc31)C21CC1. The molecule has 0 aromatic carbocycles. The van der Waals surface area contributed by atoms with Crippen LogP contribution < -0.4 is 5.56 Å². The number of aromatic nitrogens is 2. The van der Waals surface area contributed by atoms with Gasteiger partial charge in [-0.1, -0.05) is 0 Å². The fourth-order valence-electron chi connectivity index (χ4n) is 4.62. The van der Waals surface area contributed by atoms with Gasteiger partial charge < -0.3 is 4.74 Å². The number of H-pyrrole nitrogens is 1. The lowest BCUT2D eigenvalue weighted by molar-refractivity contribution is 0.0981. The number of methoxy groups -OCH3 is 1. The average molecular weight is 232 g/mol. The summed E-state index contributed by atoms with van der Waals surface area (Å²) in [6, 6.07) is 1.77. The molecule has 4 nitrogen and oxygen atoms in total. The molecular weight excluding hydrogens is 216 g/mol.